The molecule has 0 radical (unpaired) electrons. The van der Waals surface area contributed by atoms with Crippen LogP contribution < -0.4 is 0 Å². The minimum atomic E-state index is -2.84. The summed E-state index contributed by atoms with van der Waals surface area (Å²) in [6.45, 7) is 4.05. The van der Waals surface area contributed by atoms with E-state index >= 15 is 0 Å². The summed E-state index contributed by atoms with van der Waals surface area (Å²) in [4.78, 5) is 19.6. The van der Waals surface area contributed by atoms with Gasteiger partial charge in [-0.25, -0.2) is 17.6 Å². The van der Waals surface area contributed by atoms with Crippen molar-refractivity contribution in [3.05, 3.63) is 101 Å². The predicted molar refractivity (Wildman–Crippen MR) is 165 cm³/mol. The van der Waals surface area contributed by atoms with Gasteiger partial charge in [0.1, 0.15) is 11.5 Å². The van der Waals surface area contributed by atoms with E-state index in [9.17, 15) is 13.4 Å². The van der Waals surface area contributed by atoms with Crippen molar-refractivity contribution in [2.24, 2.45) is 12.5 Å². The number of rotatable bonds is 7. The molecule has 1 aromatic carbocycles. The minimum Gasteiger partial charge on any atom is -0.356 e. The number of fused-ring (bicyclic) bond motifs is 2. The van der Waals surface area contributed by atoms with Crippen molar-refractivity contribution in [3.8, 4) is 5.69 Å². The molecule has 218 valence electrons. The van der Waals surface area contributed by atoms with Crippen molar-refractivity contribution in [3.63, 3.8) is 0 Å². The smallest absolute Gasteiger partial charge is 0.191 e. The first kappa shape index (κ1) is 28.6. The number of allylic oxidation sites excluding steroid dienone is 1. The fourth-order valence-corrected chi connectivity index (χ4v) is 9.00. The number of carbonyl (C=O) groups excluding carboxylic acids is 1. The first-order valence-corrected chi connectivity index (χ1v) is 16.0. The van der Waals surface area contributed by atoms with Crippen LogP contribution in [-0.2, 0) is 23.2 Å². The molecule has 10 heteroatoms. The van der Waals surface area contributed by atoms with Crippen LogP contribution in [0.1, 0.15) is 54.9 Å². The Bertz CT molecular complexity index is 1810. The molecule has 3 aromatic heterocycles. The maximum Gasteiger partial charge on any atom is 0.191 e. The van der Waals surface area contributed by atoms with E-state index < -0.39 is 15.1 Å². The molecule has 0 bridgehead atoms. The summed E-state index contributed by atoms with van der Waals surface area (Å²) in [6, 6.07) is 11.1. The van der Waals surface area contributed by atoms with Crippen LogP contribution in [0.5, 0.6) is 0 Å². The number of aryl methyl sites for hydroxylation is 1. The molecule has 3 atom stereocenters. The highest BCUT2D eigenvalue weighted by Gasteiger charge is 2.51. The van der Waals surface area contributed by atoms with Crippen LogP contribution in [-0.4, -0.2) is 51.6 Å². The Balaban J connectivity index is 1.46. The molecule has 1 fully saturated rings. The summed E-state index contributed by atoms with van der Waals surface area (Å²) in [5.41, 5.74) is 2.89. The van der Waals surface area contributed by atoms with E-state index in [1.54, 1.807) is 41.3 Å². The van der Waals surface area contributed by atoms with Gasteiger partial charge in [0.25, 0.3) is 0 Å². The van der Waals surface area contributed by atoms with Crippen LogP contribution in [0, 0.1) is 11.2 Å². The zero-order valence-corrected chi connectivity index (χ0v) is 25.4. The van der Waals surface area contributed by atoms with Crippen LogP contribution in [0.2, 0.25) is 5.02 Å². The van der Waals surface area contributed by atoms with E-state index in [0.717, 1.165) is 22.5 Å². The lowest BCUT2D eigenvalue weighted by Crippen LogP contribution is -2.52. The number of pyridine rings is 1. The van der Waals surface area contributed by atoms with Gasteiger partial charge in [0.05, 0.1) is 37.6 Å². The first-order chi connectivity index (χ1) is 20.0. The van der Waals surface area contributed by atoms with Gasteiger partial charge in [-0.15, -0.1) is 0 Å². The zero-order valence-electron chi connectivity index (χ0n) is 23.8. The highest BCUT2D eigenvalue weighted by molar-refractivity contribution is 7.98. The average Bonchev–Trinajstić information content (AvgIpc) is 3.57. The summed E-state index contributed by atoms with van der Waals surface area (Å²) in [7, 11) is -0.942. The molecule has 0 saturated heterocycles. The molecule has 0 aliphatic heterocycles. The van der Waals surface area contributed by atoms with Gasteiger partial charge >= 0.3 is 0 Å². The SMILES string of the molecule is C=S(=O)(c1ccn(C)c1)N(C(C)C)[C@H]1CCC2=Cc3c(cnn3-c3ccc(F)cc3)C[C@]2(C(=O)c2cc(Cl)ccn2)C1. The van der Waals surface area contributed by atoms with Crippen LogP contribution in [0.15, 0.2) is 77.7 Å². The van der Waals surface area contributed by atoms with Gasteiger partial charge in [0.15, 0.2) is 5.78 Å². The summed E-state index contributed by atoms with van der Waals surface area (Å²) in [5.74, 6) is 3.81. The van der Waals surface area contributed by atoms with E-state index in [0.29, 0.717) is 41.3 Å². The lowest BCUT2D eigenvalue weighted by atomic mass is 9.60. The molecule has 1 unspecified atom stereocenters. The van der Waals surface area contributed by atoms with E-state index in [1.807, 2.05) is 48.2 Å². The normalized spacial score (nSPS) is 21.5. The second-order valence-corrected chi connectivity index (χ2v) is 14.2. The molecular formula is C32H33ClFN5O2S. The fraction of sp³-hybridized carbons (Fsp3) is 0.312. The number of benzene rings is 1. The van der Waals surface area contributed by atoms with Crippen LogP contribution in [0.3, 0.4) is 0 Å². The molecule has 4 aromatic rings. The number of carbonyl (C=O) groups is 1. The van der Waals surface area contributed by atoms with Crippen molar-refractivity contribution in [2.45, 2.75) is 56.5 Å². The second-order valence-electron chi connectivity index (χ2n) is 11.6. The second kappa shape index (κ2) is 10.6. The van der Waals surface area contributed by atoms with Gasteiger partial charge in [-0.05, 0) is 99.5 Å². The van der Waals surface area contributed by atoms with Gasteiger partial charge in [0, 0.05) is 42.7 Å². The number of nitrogens with zero attached hydrogens (tertiary/aromatic N) is 5. The van der Waals surface area contributed by atoms with E-state index in [-0.39, 0.29) is 23.7 Å². The summed E-state index contributed by atoms with van der Waals surface area (Å²) in [6.07, 6.45) is 11.3. The molecule has 1 saturated carbocycles. The number of hydrogen-bond donors (Lipinski definition) is 0. The standard InChI is InChI=1S/C32H33ClFN5O2S/c1-21(2)39(42(4,41)28-12-14-37(3)20-28)27-8-5-23-15-30-22(19-36-38(30)26-9-6-25(34)7-10-26)17-32(23,18-27)31(40)29-16-24(33)11-13-35-29/h6-7,9-16,19-21,27H,4-5,8,17-18H2,1-3H3/t27-,32-,42?/m0/s1. The molecular weight excluding hydrogens is 573 g/mol. The Morgan fingerprint density at radius 3 is 2.67 bits per heavy atom. The average molecular weight is 606 g/mol. The van der Waals surface area contributed by atoms with Gasteiger partial charge in [-0.3, -0.25) is 9.78 Å². The van der Waals surface area contributed by atoms with Crippen molar-refractivity contribution in [1.82, 2.24) is 23.6 Å². The third-order valence-electron chi connectivity index (χ3n) is 8.48. The number of ketones is 1. The zero-order chi connectivity index (χ0) is 29.8. The molecule has 3 heterocycles. The highest BCUT2D eigenvalue weighted by Crippen LogP contribution is 2.51. The molecule has 42 heavy (non-hydrogen) atoms. The van der Waals surface area contributed by atoms with Crippen LogP contribution in [0.25, 0.3) is 11.8 Å². The molecule has 0 spiro atoms. The Morgan fingerprint density at radius 1 is 1.24 bits per heavy atom. The van der Waals surface area contributed by atoms with Gasteiger partial charge in [-0.1, -0.05) is 17.2 Å². The Morgan fingerprint density at radius 2 is 2.00 bits per heavy atom. The minimum absolute atomic E-state index is 0.0810. The number of hydrogen-bond acceptors (Lipinski definition) is 4. The third kappa shape index (κ3) is 4.83. The lowest BCUT2D eigenvalue weighted by Gasteiger charge is -2.48. The van der Waals surface area contributed by atoms with Crippen LogP contribution in [0.4, 0.5) is 4.39 Å². The van der Waals surface area contributed by atoms with E-state index in [4.69, 9.17) is 11.6 Å². The Kier molecular flexibility index (Phi) is 7.23. The van der Waals surface area contributed by atoms with Gasteiger partial charge in [0.2, 0.25) is 0 Å². The van der Waals surface area contributed by atoms with Crippen molar-refractivity contribution in [1.29, 1.82) is 0 Å². The lowest BCUT2D eigenvalue weighted by molar-refractivity contribution is 0.0726. The Hall–Kier alpha value is -3.53. The quantitative estimate of drug-likeness (QED) is 0.187. The fourth-order valence-electron chi connectivity index (χ4n) is 6.65. The summed E-state index contributed by atoms with van der Waals surface area (Å²) in [5, 5.41) is 5.07. The predicted octanol–water partition coefficient (Wildman–Crippen LogP) is 6.16. The summed E-state index contributed by atoms with van der Waals surface area (Å²) < 4.78 is 33.7. The highest BCUT2D eigenvalue weighted by atomic mass is 35.5. The van der Waals surface area contributed by atoms with E-state index in [2.05, 4.69) is 22.0 Å². The molecule has 6 rings (SSSR count). The molecule has 0 N–H and O–H groups in total. The molecule has 2 aliphatic rings. The van der Waals surface area contributed by atoms with E-state index in [1.165, 1.54) is 12.1 Å². The number of aromatic nitrogens is 4. The van der Waals surface area contributed by atoms with Crippen LogP contribution >= 0.6 is 11.6 Å². The topological polar surface area (TPSA) is 73.0 Å². The largest absolute Gasteiger partial charge is 0.356 e. The van der Waals surface area contributed by atoms with Gasteiger partial charge < -0.3 is 4.57 Å². The van der Waals surface area contributed by atoms with Crippen molar-refractivity contribution >= 4 is 39.0 Å². The number of Topliss-reactive ketones (excluding diaryl/α,β-unsaturated/α-hetero) is 1. The molecule has 7 nitrogen and oxygen atoms in total. The Labute approximate surface area is 250 Å². The van der Waals surface area contributed by atoms with Crippen molar-refractivity contribution in [2.75, 3.05) is 0 Å². The number of halogens is 2. The van der Waals surface area contributed by atoms with Gasteiger partial charge in [-0.2, -0.15) is 5.10 Å². The van der Waals surface area contributed by atoms with Crippen molar-refractivity contribution < 1.29 is 13.4 Å². The third-order valence-corrected chi connectivity index (χ3v) is 11.1. The first-order valence-electron chi connectivity index (χ1n) is 14.0. The summed E-state index contributed by atoms with van der Waals surface area (Å²) >= 11 is 6.31. The molecule has 2 aliphatic carbocycles. The maximum absolute atomic E-state index is 14.6. The molecule has 0 amide bonds. The monoisotopic (exact) mass is 605 g/mol. The maximum atomic E-state index is 14.6.